The minimum Gasteiger partial charge on any atom is -0.384 e. The van der Waals surface area contributed by atoms with Crippen LogP contribution in [0.2, 0.25) is 0 Å². The van der Waals surface area contributed by atoms with Gasteiger partial charge in [0.1, 0.15) is 11.9 Å². The number of aliphatic hydroxyl groups excluding tert-OH is 1. The van der Waals surface area contributed by atoms with E-state index >= 15 is 0 Å². The molecule has 0 aromatic carbocycles. The number of sulfone groups is 1. The second kappa shape index (κ2) is 4.78. The van der Waals surface area contributed by atoms with Crippen molar-refractivity contribution in [3.63, 3.8) is 0 Å². The van der Waals surface area contributed by atoms with Crippen LogP contribution in [0.15, 0.2) is 12.4 Å². The van der Waals surface area contributed by atoms with E-state index in [0.717, 1.165) is 6.42 Å². The van der Waals surface area contributed by atoms with Crippen LogP contribution in [0.25, 0.3) is 0 Å². The number of aryl methyl sites for hydroxylation is 1. The zero-order valence-electron chi connectivity index (χ0n) is 9.91. The summed E-state index contributed by atoms with van der Waals surface area (Å²) in [5.41, 5.74) is 0. The number of aromatic nitrogens is 2. The van der Waals surface area contributed by atoms with Crippen molar-refractivity contribution in [2.75, 3.05) is 5.75 Å². The zero-order valence-corrected chi connectivity index (χ0v) is 10.7. The number of hydrogen-bond acceptors (Lipinski definition) is 4. The van der Waals surface area contributed by atoms with E-state index in [2.05, 4.69) is 4.98 Å². The Morgan fingerprint density at radius 2 is 2.35 bits per heavy atom. The summed E-state index contributed by atoms with van der Waals surface area (Å²) in [6, 6.07) is 0. The molecule has 2 atom stereocenters. The molecule has 17 heavy (non-hydrogen) atoms. The first-order valence-corrected chi connectivity index (χ1v) is 7.68. The van der Waals surface area contributed by atoms with Crippen LogP contribution in [-0.4, -0.2) is 34.1 Å². The Kier molecular flexibility index (Phi) is 3.53. The van der Waals surface area contributed by atoms with Crippen molar-refractivity contribution >= 4 is 9.84 Å². The van der Waals surface area contributed by atoms with Crippen LogP contribution in [-0.2, 0) is 16.4 Å². The molecule has 0 spiro atoms. The molecule has 2 rings (SSSR count). The van der Waals surface area contributed by atoms with Gasteiger partial charge in [-0.05, 0) is 19.8 Å². The SMILES string of the molecule is CCn1ccnc1C(O)C1CCCCS1(=O)=O. The van der Waals surface area contributed by atoms with E-state index in [-0.39, 0.29) is 5.75 Å². The van der Waals surface area contributed by atoms with E-state index in [0.29, 0.717) is 25.2 Å². The number of hydrogen-bond donors (Lipinski definition) is 1. The van der Waals surface area contributed by atoms with Gasteiger partial charge in [-0.1, -0.05) is 6.42 Å². The number of aliphatic hydroxyl groups is 1. The first-order valence-electron chi connectivity index (χ1n) is 5.97. The summed E-state index contributed by atoms with van der Waals surface area (Å²) in [5, 5.41) is 9.53. The summed E-state index contributed by atoms with van der Waals surface area (Å²) in [4.78, 5) is 4.08. The highest BCUT2D eigenvalue weighted by Gasteiger charge is 2.37. The fourth-order valence-electron chi connectivity index (χ4n) is 2.35. The average molecular weight is 258 g/mol. The maximum atomic E-state index is 11.9. The lowest BCUT2D eigenvalue weighted by Gasteiger charge is -2.26. The Labute approximate surface area is 101 Å². The fraction of sp³-hybridized carbons (Fsp3) is 0.727. The van der Waals surface area contributed by atoms with Crippen LogP contribution in [0.4, 0.5) is 0 Å². The molecule has 6 heteroatoms. The van der Waals surface area contributed by atoms with E-state index < -0.39 is 21.2 Å². The zero-order chi connectivity index (χ0) is 12.5. The van der Waals surface area contributed by atoms with Crippen molar-refractivity contribution in [3.8, 4) is 0 Å². The van der Waals surface area contributed by atoms with Gasteiger partial charge in [-0.25, -0.2) is 13.4 Å². The lowest BCUT2D eigenvalue weighted by atomic mass is 10.1. The largest absolute Gasteiger partial charge is 0.384 e. The lowest BCUT2D eigenvalue weighted by Crippen LogP contribution is -2.35. The van der Waals surface area contributed by atoms with Crippen LogP contribution < -0.4 is 0 Å². The van der Waals surface area contributed by atoms with Crippen molar-refractivity contribution in [3.05, 3.63) is 18.2 Å². The molecule has 2 unspecified atom stereocenters. The molecule has 1 aromatic rings. The third-order valence-corrected chi connectivity index (χ3v) is 5.61. The first kappa shape index (κ1) is 12.6. The summed E-state index contributed by atoms with van der Waals surface area (Å²) < 4.78 is 25.6. The van der Waals surface area contributed by atoms with Gasteiger partial charge < -0.3 is 9.67 Å². The van der Waals surface area contributed by atoms with E-state index in [1.807, 2.05) is 6.92 Å². The minimum atomic E-state index is -3.18. The second-order valence-corrected chi connectivity index (χ2v) is 6.76. The quantitative estimate of drug-likeness (QED) is 0.874. The molecule has 1 N–H and O–H groups in total. The van der Waals surface area contributed by atoms with Crippen LogP contribution in [0.3, 0.4) is 0 Å². The van der Waals surface area contributed by atoms with Gasteiger partial charge in [0.2, 0.25) is 0 Å². The van der Waals surface area contributed by atoms with Crippen molar-refractivity contribution in [2.45, 2.75) is 44.1 Å². The predicted molar refractivity (Wildman–Crippen MR) is 64.3 cm³/mol. The molecular formula is C11H18N2O3S. The molecule has 0 saturated carbocycles. The summed E-state index contributed by atoms with van der Waals surface area (Å²) in [6.45, 7) is 2.62. The predicted octanol–water partition coefficient (Wildman–Crippen LogP) is 0.904. The highest BCUT2D eigenvalue weighted by atomic mass is 32.2. The van der Waals surface area contributed by atoms with Crippen molar-refractivity contribution in [1.82, 2.24) is 9.55 Å². The second-order valence-electron chi connectivity index (χ2n) is 4.42. The van der Waals surface area contributed by atoms with Crippen LogP contribution >= 0.6 is 0 Å². The summed E-state index contributed by atoms with van der Waals surface area (Å²) in [6.07, 6.45) is 4.43. The average Bonchev–Trinajstić information content (AvgIpc) is 2.75. The molecule has 1 aromatic heterocycles. The fourth-order valence-corrected chi connectivity index (χ4v) is 4.30. The van der Waals surface area contributed by atoms with Gasteiger partial charge in [0.05, 0.1) is 11.0 Å². The summed E-state index contributed by atoms with van der Waals surface area (Å²) in [7, 11) is -3.18. The van der Waals surface area contributed by atoms with E-state index in [1.54, 1.807) is 17.0 Å². The molecule has 0 radical (unpaired) electrons. The maximum Gasteiger partial charge on any atom is 0.156 e. The van der Waals surface area contributed by atoms with Crippen molar-refractivity contribution in [1.29, 1.82) is 0 Å². The number of imidazole rings is 1. The Bertz CT molecular complexity index is 481. The molecule has 1 aliphatic heterocycles. The molecule has 5 nitrogen and oxygen atoms in total. The molecule has 0 amide bonds. The van der Waals surface area contributed by atoms with Gasteiger partial charge in [-0.2, -0.15) is 0 Å². The topological polar surface area (TPSA) is 72.2 Å². The molecular weight excluding hydrogens is 240 g/mol. The van der Waals surface area contributed by atoms with Gasteiger partial charge in [0.15, 0.2) is 9.84 Å². The number of nitrogens with zero attached hydrogens (tertiary/aromatic N) is 2. The third-order valence-electron chi connectivity index (χ3n) is 3.33. The Balaban J connectivity index is 2.28. The van der Waals surface area contributed by atoms with Gasteiger partial charge in [0, 0.05) is 18.9 Å². The van der Waals surface area contributed by atoms with E-state index in [4.69, 9.17) is 0 Å². The van der Waals surface area contributed by atoms with Gasteiger partial charge >= 0.3 is 0 Å². The maximum absolute atomic E-state index is 11.9. The molecule has 0 aliphatic carbocycles. The molecule has 1 aliphatic rings. The lowest BCUT2D eigenvalue weighted by molar-refractivity contribution is 0.150. The standard InChI is InChI=1S/C11H18N2O3S/c1-2-13-7-6-12-11(13)10(14)9-5-3-4-8-17(9,15)16/h6-7,9-10,14H,2-5,8H2,1H3. The Morgan fingerprint density at radius 3 is 3.00 bits per heavy atom. The molecule has 96 valence electrons. The summed E-state index contributed by atoms with van der Waals surface area (Å²) in [5.74, 6) is 0.643. The smallest absolute Gasteiger partial charge is 0.156 e. The van der Waals surface area contributed by atoms with Crippen LogP contribution in [0, 0.1) is 0 Å². The van der Waals surface area contributed by atoms with E-state index in [1.165, 1.54) is 0 Å². The highest BCUT2D eigenvalue weighted by molar-refractivity contribution is 7.92. The Hall–Kier alpha value is -0.880. The Morgan fingerprint density at radius 1 is 1.59 bits per heavy atom. The van der Waals surface area contributed by atoms with Gasteiger partial charge in [-0.3, -0.25) is 0 Å². The molecule has 0 bridgehead atoms. The molecule has 2 heterocycles. The van der Waals surface area contributed by atoms with E-state index in [9.17, 15) is 13.5 Å². The summed E-state index contributed by atoms with van der Waals surface area (Å²) >= 11 is 0. The highest BCUT2D eigenvalue weighted by Crippen LogP contribution is 2.29. The van der Waals surface area contributed by atoms with Gasteiger partial charge in [0.25, 0.3) is 0 Å². The number of rotatable bonds is 3. The molecule has 1 fully saturated rings. The van der Waals surface area contributed by atoms with Gasteiger partial charge in [-0.15, -0.1) is 0 Å². The van der Waals surface area contributed by atoms with Crippen LogP contribution in [0.1, 0.15) is 38.1 Å². The minimum absolute atomic E-state index is 0.182. The van der Waals surface area contributed by atoms with Crippen molar-refractivity contribution < 1.29 is 13.5 Å². The van der Waals surface area contributed by atoms with Crippen LogP contribution in [0.5, 0.6) is 0 Å². The monoisotopic (exact) mass is 258 g/mol. The third kappa shape index (κ3) is 2.37. The molecule has 1 saturated heterocycles. The first-order chi connectivity index (χ1) is 8.06. The normalized spacial score (nSPS) is 25.6. The van der Waals surface area contributed by atoms with Crippen molar-refractivity contribution in [2.24, 2.45) is 0 Å².